The summed E-state index contributed by atoms with van der Waals surface area (Å²) in [6.07, 6.45) is 2.57. The molecule has 0 radical (unpaired) electrons. The average Bonchev–Trinajstić information content (AvgIpc) is 2.54. The van der Waals surface area contributed by atoms with Crippen LogP contribution in [0, 0.1) is 5.92 Å². The average molecular weight is 355 g/mol. The number of hydrogen-bond acceptors (Lipinski definition) is 5. The van der Waals surface area contributed by atoms with E-state index in [1.807, 2.05) is 26.8 Å². The third-order valence-corrected chi connectivity index (χ3v) is 6.98. The molecule has 0 saturated heterocycles. The summed E-state index contributed by atoms with van der Waals surface area (Å²) in [7, 11) is -2.73. The fourth-order valence-electron chi connectivity index (χ4n) is 2.95. The van der Waals surface area contributed by atoms with Crippen molar-refractivity contribution in [1.29, 1.82) is 0 Å². The predicted molar refractivity (Wildman–Crippen MR) is 100 cm³/mol. The van der Waals surface area contributed by atoms with Gasteiger partial charge in [-0.05, 0) is 58.1 Å². The van der Waals surface area contributed by atoms with Crippen LogP contribution in [-0.2, 0) is 19.7 Å². The fourth-order valence-corrected chi connectivity index (χ4v) is 5.78. The molecular weight excluding hydrogens is 320 g/mol. The van der Waals surface area contributed by atoms with E-state index in [1.165, 1.54) is 5.56 Å². The minimum Gasteiger partial charge on any atom is -0.374 e. The molecule has 1 rings (SSSR count). The largest absolute Gasteiger partial charge is 0.502 e. The maximum Gasteiger partial charge on any atom is 0.502 e. The molecular formula is C18H34N2O3Si. The zero-order valence-electron chi connectivity index (χ0n) is 15.4. The topological polar surface area (TPSA) is 79.7 Å². The highest BCUT2D eigenvalue weighted by molar-refractivity contribution is 6.60. The Morgan fingerprint density at radius 2 is 1.67 bits per heavy atom. The third-order valence-electron chi connectivity index (χ3n) is 3.89. The predicted octanol–water partition coefficient (Wildman–Crippen LogP) is 2.92. The number of benzene rings is 1. The van der Waals surface area contributed by atoms with Crippen molar-refractivity contribution in [2.45, 2.75) is 52.3 Å². The lowest BCUT2D eigenvalue weighted by molar-refractivity contribution is 0.0390. The van der Waals surface area contributed by atoms with Crippen LogP contribution in [-0.4, -0.2) is 34.8 Å². The van der Waals surface area contributed by atoms with E-state index in [1.54, 1.807) is 0 Å². The number of rotatable bonds is 13. The molecule has 4 N–H and O–H groups in total. The molecule has 6 heteroatoms. The summed E-state index contributed by atoms with van der Waals surface area (Å²) >= 11 is 0. The molecule has 0 aromatic heterocycles. The quantitative estimate of drug-likeness (QED) is 0.420. The van der Waals surface area contributed by atoms with Crippen molar-refractivity contribution in [3.63, 3.8) is 0 Å². The van der Waals surface area contributed by atoms with Gasteiger partial charge in [0.1, 0.15) is 0 Å². The molecule has 1 aromatic rings. The second kappa shape index (κ2) is 11.7. The van der Waals surface area contributed by atoms with E-state index in [0.717, 1.165) is 25.3 Å². The zero-order valence-corrected chi connectivity index (χ0v) is 16.4. The fraction of sp³-hybridized carbons (Fsp3) is 0.667. The Bertz CT molecular complexity index is 426. The molecule has 0 spiro atoms. The highest BCUT2D eigenvalue weighted by atomic mass is 28.4. The van der Waals surface area contributed by atoms with Gasteiger partial charge in [-0.3, -0.25) is 0 Å². The maximum absolute atomic E-state index is 5.94. The SMILES string of the molecule is CCO[Si](CCC(CCN)Cc1ccccc1)(OCC)OC(C)N. The van der Waals surface area contributed by atoms with Gasteiger partial charge in [-0.1, -0.05) is 30.3 Å². The van der Waals surface area contributed by atoms with Crippen LogP contribution in [0.4, 0.5) is 0 Å². The van der Waals surface area contributed by atoms with Gasteiger partial charge in [-0.15, -0.1) is 0 Å². The van der Waals surface area contributed by atoms with Crippen LogP contribution in [0.5, 0.6) is 0 Å². The van der Waals surface area contributed by atoms with Gasteiger partial charge in [0.05, 0.1) is 6.23 Å². The van der Waals surface area contributed by atoms with E-state index in [4.69, 9.17) is 24.7 Å². The van der Waals surface area contributed by atoms with Gasteiger partial charge < -0.3 is 24.7 Å². The van der Waals surface area contributed by atoms with Crippen LogP contribution >= 0.6 is 0 Å². The van der Waals surface area contributed by atoms with Crippen LogP contribution in [0.1, 0.15) is 39.2 Å². The number of hydrogen-bond donors (Lipinski definition) is 2. The maximum atomic E-state index is 5.94. The molecule has 1 aromatic carbocycles. The Morgan fingerprint density at radius 3 is 2.17 bits per heavy atom. The van der Waals surface area contributed by atoms with Crippen molar-refractivity contribution < 1.29 is 13.3 Å². The summed E-state index contributed by atoms with van der Waals surface area (Å²) in [5.41, 5.74) is 13.0. The standard InChI is InChI=1S/C18H34N2O3Si/c1-4-21-24(22-5-2,23-16(3)20)14-12-18(11-13-19)15-17-9-7-6-8-10-17/h6-10,16,18H,4-5,11-15,19-20H2,1-3H3. The summed E-state index contributed by atoms with van der Waals surface area (Å²) in [5.74, 6) is 0.488. The van der Waals surface area contributed by atoms with Gasteiger partial charge in [-0.25, -0.2) is 0 Å². The monoisotopic (exact) mass is 354 g/mol. The molecule has 2 unspecified atom stereocenters. The molecule has 2 atom stereocenters. The van der Waals surface area contributed by atoms with Crippen molar-refractivity contribution in [3.05, 3.63) is 35.9 Å². The van der Waals surface area contributed by atoms with Crippen molar-refractivity contribution in [2.75, 3.05) is 19.8 Å². The summed E-state index contributed by atoms with van der Waals surface area (Å²) in [6, 6.07) is 11.3. The molecule has 0 fully saturated rings. The molecule has 24 heavy (non-hydrogen) atoms. The van der Waals surface area contributed by atoms with Crippen LogP contribution in [0.15, 0.2) is 30.3 Å². The Morgan fingerprint density at radius 1 is 1.04 bits per heavy atom. The van der Waals surface area contributed by atoms with E-state index < -0.39 is 15.0 Å². The minimum atomic E-state index is -2.73. The summed E-state index contributed by atoms with van der Waals surface area (Å²) in [5, 5.41) is 0. The molecule has 0 amide bonds. The second-order valence-corrected chi connectivity index (χ2v) is 8.72. The summed E-state index contributed by atoms with van der Waals surface area (Å²) < 4.78 is 17.8. The molecule has 0 aliphatic carbocycles. The highest BCUT2D eigenvalue weighted by Gasteiger charge is 2.41. The van der Waals surface area contributed by atoms with E-state index in [9.17, 15) is 0 Å². The van der Waals surface area contributed by atoms with Crippen LogP contribution in [0.2, 0.25) is 6.04 Å². The van der Waals surface area contributed by atoms with Crippen molar-refractivity contribution in [2.24, 2.45) is 17.4 Å². The van der Waals surface area contributed by atoms with Gasteiger partial charge in [0, 0.05) is 19.3 Å². The van der Waals surface area contributed by atoms with E-state index in [-0.39, 0.29) is 0 Å². The first-order chi connectivity index (χ1) is 11.5. The van der Waals surface area contributed by atoms with Crippen LogP contribution in [0.3, 0.4) is 0 Å². The Hall–Kier alpha value is -0.763. The Balaban J connectivity index is 2.74. The lowest BCUT2D eigenvalue weighted by atomic mass is 9.94. The van der Waals surface area contributed by atoms with Gasteiger partial charge in [0.15, 0.2) is 0 Å². The van der Waals surface area contributed by atoms with Gasteiger partial charge in [-0.2, -0.15) is 0 Å². The van der Waals surface area contributed by atoms with Crippen molar-refractivity contribution >= 4 is 8.80 Å². The van der Waals surface area contributed by atoms with E-state index in [0.29, 0.717) is 25.7 Å². The first kappa shape index (κ1) is 21.3. The van der Waals surface area contributed by atoms with Crippen LogP contribution in [0.25, 0.3) is 0 Å². The van der Waals surface area contributed by atoms with Gasteiger partial charge >= 0.3 is 8.80 Å². The molecule has 0 aliphatic heterocycles. The molecule has 5 nitrogen and oxygen atoms in total. The Kier molecular flexibility index (Phi) is 10.4. The normalized spacial score (nSPS) is 14.5. The summed E-state index contributed by atoms with van der Waals surface area (Å²) in [6.45, 7) is 7.57. The molecule has 138 valence electrons. The summed E-state index contributed by atoms with van der Waals surface area (Å²) in [4.78, 5) is 0. The number of nitrogens with two attached hydrogens (primary N) is 2. The molecule has 0 bridgehead atoms. The third kappa shape index (κ3) is 7.87. The first-order valence-electron chi connectivity index (χ1n) is 9.00. The molecule has 0 aliphatic rings. The molecule has 0 heterocycles. The zero-order chi connectivity index (χ0) is 17.8. The minimum absolute atomic E-state index is 0.392. The highest BCUT2D eigenvalue weighted by Crippen LogP contribution is 2.25. The second-order valence-electron chi connectivity index (χ2n) is 6.04. The molecule has 0 saturated carbocycles. The lowest BCUT2D eigenvalue weighted by Crippen LogP contribution is -2.50. The van der Waals surface area contributed by atoms with Crippen molar-refractivity contribution in [1.82, 2.24) is 0 Å². The van der Waals surface area contributed by atoms with E-state index in [2.05, 4.69) is 24.3 Å². The lowest BCUT2D eigenvalue weighted by Gasteiger charge is -2.31. The van der Waals surface area contributed by atoms with E-state index >= 15 is 0 Å². The smallest absolute Gasteiger partial charge is 0.374 e. The van der Waals surface area contributed by atoms with Crippen LogP contribution < -0.4 is 11.5 Å². The Labute approximate surface area is 148 Å². The van der Waals surface area contributed by atoms with Gasteiger partial charge in [0.25, 0.3) is 0 Å². The first-order valence-corrected chi connectivity index (χ1v) is 10.9. The van der Waals surface area contributed by atoms with Gasteiger partial charge in [0.2, 0.25) is 0 Å². The van der Waals surface area contributed by atoms with Crippen molar-refractivity contribution in [3.8, 4) is 0 Å².